The van der Waals surface area contributed by atoms with Gasteiger partial charge in [-0.3, -0.25) is 6.08 Å². The van der Waals surface area contributed by atoms with Gasteiger partial charge in [0.25, 0.3) is 0 Å². The molecule has 1 aromatic carbocycles. The molecule has 4 heteroatoms. The van der Waals surface area contributed by atoms with Gasteiger partial charge in [0.1, 0.15) is 0 Å². The van der Waals surface area contributed by atoms with Crippen molar-refractivity contribution in [2.45, 2.75) is 45.1 Å². The van der Waals surface area contributed by atoms with Crippen LogP contribution in [-0.2, 0) is 32.9 Å². The van der Waals surface area contributed by atoms with Crippen molar-refractivity contribution in [2.75, 3.05) is 6.61 Å². The predicted octanol–water partition coefficient (Wildman–Crippen LogP) is -1.50. The van der Waals surface area contributed by atoms with Crippen molar-refractivity contribution >= 4 is 0 Å². The summed E-state index contributed by atoms with van der Waals surface area (Å²) in [6.45, 7) is 3.05. The van der Waals surface area contributed by atoms with Crippen LogP contribution in [-0.4, -0.2) is 12.7 Å². The predicted molar refractivity (Wildman–Crippen MR) is 79.9 cm³/mol. The van der Waals surface area contributed by atoms with E-state index in [9.17, 15) is 0 Å². The van der Waals surface area contributed by atoms with E-state index in [1.54, 1.807) is 0 Å². The Hall–Kier alpha value is -0.0457. The van der Waals surface area contributed by atoms with Crippen LogP contribution < -0.4 is 24.8 Å². The van der Waals surface area contributed by atoms with Crippen LogP contribution in [0.2, 0.25) is 0 Å². The van der Waals surface area contributed by atoms with E-state index in [0.717, 1.165) is 32.3 Å². The molecule has 1 atom stereocenters. The van der Waals surface area contributed by atoms with Crippen molar-refractivity contribution in [2.24, 2.45) is 0 Å². The molecule has 2 rings (SSSR count). The second-order valence-electron chi connectivity index (χ2n) is 4.98. The Balaban J connectivity index is 0. The molecule has 1 radical (unpaired) electrons. The molecule has 1 unspecified atom stereocenters. The largest absolute Gasteiger partial charge is 3.00 e. The molecule has 0 amide bonds. The Labute approximate surface area is 162 Å². The fourth-order valence-corrected chi connectivity index (χ4v) is 2.28. The van der Waals surface area contributed by atoms with Crippen LogP contribution in [0.3, 0.4) is 0 Å². The van der Waals surface area contributed by atoms with Gasteiger partial charge in [-0.2, -0.15) is 11.6 Å². The third-order valence-electron chi connectivity index (χ3n) is 3.42. The van der Waals surface area contributed by atoms with E-state index in [1.807, 2.05) is 0 Å². The minimum Gasteiger partial charge on any atom is -1.00 e. The molecule has 0 saturated carbocycles. The maximum Gasteiger partial charge on any atom is 3.00 e. The van der Waals surface area contributed by atoms with E-state index in [1.165, 1.54) is 17.6 Å². The Kier molecular flexibility index (Phi) is 16.0. The zero-order valence-electron chi connectivity index (χ0n) is 13.0. The van der Waals surface area contributed by atoms with Crippen molar-refractivity contribution in [3.05, 3.63) is 59.7 Å². The van der Waals surface area contributed by atoms with Crippen molar-refractivity contribution in [1.29, 1.82) is 0 Å². The van der Waals surface area contributed by atoms with E-state index in [0.29, 0.717) is 0 Å². The Morgan fingerprint density at radius 1 is 1.18 bits per heavy atom. The molecular formula is C18H23Cl2OTi. The zero-order chi connectivity index (χ0) is 13.3. The quantitative estimate of drug-likeness (QED) is 0.306. The molecule has 0 aliphatic heterocycles. The van der Waals surface area contributed by atoms with Gasteiger partial charge in [0.2, 0.25) is 0 Å². The molecule has 0 spiro atoms. The van der Waals surface area contributed by atoms with Crippen molar-refractivity contribution in [1.82, 2.24) is 0 Å². The van der Waals surface area contributed by atoms with E-state index >= 15 is 0 Å². The van der Waals surface area contributed by atoms with E-state index in [4.69, 9.17) is 4.74 Å². The number of aryl methyl sites for hydroxylation is 1. The van der Waals surface area contributed by atoms with Crippen LogP contribution in [0.25, 0.3) is 0 Å². The first-order valence-electron chi connectivity index (χ1n) is 7.33. The first kappa shape index (κ1) is 24.2. The Bertz CT molecular complexity index is 432. The molecule has 1 aliphatic rings. The van der Waals surface area contributed by atoms with E-state index < -0.39 is 0 Å². The van der Waals surface area contributed by atoms with Gasteiger partial charge in [0, 0.05) is 12.7 Å². The number of halogens is 2. The summed E-state index contributed by atoms with van der Waals surface area (Å²) < 4.78 is 6.04. The van der Waals surface area contributed by atoms with E-state index in [-0.39, 0.29) is 52.6 Å². The van der Waals surface area contributed by atoms with Gasteiger partial charge < -0.3 is 29.6 Å². The fourth-order valence-electron chi connectivity index (χ4n) is 2.28. The smallest absolute Gasteiger partial charge is 1.00 e. The third-order valence-corrected chi connectivity index (χ3v) is 3.42. The first-order valence-corrected chi connectivity index (χ1v) is 7.33. The van der Waals surface area contributed by atoms with Crippen molar-refractivity contribution < 1.29 is 51.3 Å². The average molecular weight is 374 g/mol. The number of benzene rings is 1. The van der Waals surface area contributed by atoms with Gasteiger partial charge in [0.15, 0.2) is 0 Å². The number of unbranched alkanes of at least 4 members (excludes halogenated alkanes) is 1. The minimum absolute atomic E-state index is 0. The molecular weight excluding hydrogens is 351 g/mol. The zero-order valence-corrected chi connectivity index (χ0v) is 16.1. The van der Waals surface area contributed by atoms with Crippen LogP contribution in [0, 0.1) is 6.08 Å². The summed E-state index contributed by atoms with van der Waals surface area (Å²) in [6, 6.07) is 10.6. The number of ether oxygens (including phenoxy) is 1. The van der Waals surface area contributed by atoms with Crippen LogP contribution in [0.4, 0.5) is 0 Å². The molecule has 0 N–H and O–H groups in total. The standard InChI is InChI=1S/C18H23O.2ClH.Ti/c1-2-3-15-19-18(17-11-7-8-12-17)14-13-16-9-5-4-6-10-16;;;/h4-7,9-11,18H,2-3,8,13-15H2,1H3;2*1H;/q-1;;;+3/p-2. The number of allylic oxidation sites excluding steroid dienone is 2. The van der Waals surface area contributed by atoms with Gasteiger partial charge in [-0.1, -0.05) is 43.7 Å². The number of rotatable bonds is 8. The SMILES string of the molecule is CCCCOC(CCc1ccccc1)C1=[C-]CC=C1.[Cl-].[Cl-].[Ti+3]. The second kappa shape index (κ2) is 14.5. The van der Waals surface area contributed by atoms with Gasteiger partial charge in [0.05, 0.1) is 0 Å². The molecule has 0 heterocycles. The topological polar surface area (TPSA) is 9.23 Å². The molecule has 1 aliphatic carbocycles. The summed E-state index contributed by atoms with van der Waals surface area (Å²) in [5.41, 5.74) is 2.63. The monoisotopic (exact) mass is 373 g/mol. The van der Waals surface area contributed by atoms with Crippen LogP contribution in [0.1, 0.15) is 38.2 Å². The van der Waals surface area contributed by atoms with Crippen LogP contribution in [0.15, 0.2) is 48.1 Å². The Morgan fingerprint density at radius 3 is 2.50 bits per heavy atom. The maximum absolute atomic E-state index is 6.04. The average Bonchev–Trinajstić information content (AvgIpc) is 2.98. The number of hydrogen-bond acceptors (Lipinski definition) is 1. The summed E-state index contributed by atoms with van der Waals surface area (Å²) in [4.78, 5) is 0. The van der Waals surface area contributed by atoms with Crippen molar-refractivity contribution in [3.63, 3.8) is 0 Å². The molecule has 1 aromatic rings. The number of hydrogen-bond donors (Lipinski definition) is 0. The molecule has 0 aromatic heterocycles. The summed E-state index contributed by atoms with van der Waals surface area (Å²) >= 11 is 0. The van der Waals surface area contributed by atoms with Gasteiger partial charge in [-0.05, 0) is 24.8 Å². The van der Waals surface area contributed by atoms with Crippen LogP contribution >= 0.6 is 0 Å². The Morgan fingerprint density at radius 2 is 1.91 bits per heavy atom. The molecule has 119 valence electrons. The fraction of sp³-hybridized carbons (Fsp3) is 0.444. The summed E-state index contributed by atoms with van der Waals surface area (Å²) in [5, 5.41) is 0. The summed E-state index contributed by atoms with van der Waals surface area (Å²) in [5.74, 6) is 0. The van der Waals surface area contributed by atoms with Gasteiger partial charge in [-0.25, -0.2) is 6.08 Å². The van der Waals surface area contributed by atoms with Gasteiger partial charge in [-0.15, -0.1) is 6.42 Å². The minimum atomic E-state index is 0. The maximum atomic E-state index is 6.04. The summed E-state index contributed by atoms with van der Waals surface area (Å²) in [6.07, 6.45) is 13.3. The third kappa shape index (κ3) is 8.55. The van der Waals surface area contributed by atoms with E-state index in [2.05, 4.69) is 55.5 Å². The summed E-state index contributed by atoms with van der Waals surface area (Å²) in [7, 11) is 0. The van der Waals surface area contributed by atoms with Crippen LogP contribution in [0.5, 0.6) is 0 Å². The normalized spacial score (nSPS) is 13.4. The molecule has 0 bridgehead atoms. The molecule has 0 fully saturated rings. The molecule has 22 heavy (non-hydrogen) atoms. The van der Waals surface area contributed by atoms with Gasteiger partial charge >= 0.3 is 21.7 Å². The van der Waals surface area contributed by atoms with Crippen molar-refractivity contribution in [3.8, 4) is 0 Å². The second-order valence-corrected chi connectivity index (χ2v) is 4.98. The first-order chi connectivity index (χ1) is 9.40. The molecule has 1 nitrogen and oxygen atoms in total. The molecule has 0 saturated heterocycles.